The van der Waals surface area contributed by atoms with Gasteiger partial charge in [0.2, 0.25) is 0 Å². The van der Waals surface area contributed by atoms with Crippen LogP contribution >= 0.6 is 15.9 Å². The third kappa shape index (κ3) is 2.26. The largest absolute Gasteiger partial charge is 0.339 e. The fourth-order valence-corrected chi connectivity index (χ4v) is 3.59. The van der Waals surface area contributed by atoms with E-state index in [-0.39, 0.29) is 5.91 Å². The highest BCUT2D eigenvalue weighted by Gasteiger charge is 2.24. The molecule has 1 aliphatic heterocycles. The van der Waals surface area contributed by atoms with Crippen LogP contribution in [0.2, 0.25) is 0 Å². The van der Waals surface area contributed by atoms with Crippen LogP contribution in [-0.2, 0) is 7.05 Å². The summed E-state index contributed by atoms with van der Waals surface area (Å²) in [6.07, 6.45) is 2.22. The quantitative estimate of drug-likeness (QED) is 0.778. The van der Waals surface area contributed by atoms with Crippen LogP contribution in [0.5, 0.6) is 0 Å². The van der Waals surface area contributed by atoms with Crippen molar-refractivity contribution in [3.8, 4) is 0 Å². The zero-order valence-corrected chi connectivity index (χ0v) is 13.5. The maximum atomic E-state index is 12.7. The Morgan fingerprint density at radius 1 is 1.30 bits per heavy atom. The molecule has 1 aliphatic rings. The number of likely N-dealkylation sites (tertiary alicyclic amines) is 1. The highest BCUT2D eigenvalue weighted by molar-refractivity contribution is 9.10. The molecule has 1 fully saturated rings. The Labute approximate surface area is 127 Å². The van der Waals surface area contributed by atoms with Gasteiger partial charge in [-0.15, -0.1) is 0 Å². The number of fused-ring (bicyclic) bond motifs is 1. The van der Waals surface area contributed by atoms with Gasteiger partial charge >= 0.3 is 0 Å². The van der Waals surface area contributed by atoms with Crippen molar-refractivity contribution >= 4 is 32.7 Å². The summed E-state index contributed by atoms with van der Waals surface area (Å²) < 4.78 is 3.03. The molecule has 3 rings (SSSR count). The lowest BCUT2D eigenvalue weighted by molar-refractivity contribution is 0.0688. The number of piperidine rings is 1. The predicted molar refractivity (Wildman–Crippen MR) is 84.9 cm³/mol. The molecule has 0 radical (unpaired) electrons. The third-order valence-electron chi connectivity index (χ3n) is 4.30. The van der Waals surface area contributed by atoms with Gasteiger partial charge in [-0.05, 0) is 46.8 Å². The molecular formula is C16H19BrN2O. The number of aromatic nitrogens is 1. The number of halogens is 1. The van der Waals surface area contributed by atoms with Gasteiger partial charge in [-0.2, -0.15) is 0 Å². The average molecular weight is 335 g/mol. The minimum atomic E-state index is 0.155. The predicted octanol–water partition coefficient (Wildman–Crippen LogP) is 3.81. The van der Waals surface area contributed by atoms with Crippen LogP contribution in [-0.4, -0.2) is 28.5 Å². The molecule has 1 aromatic carbocycles. The molecule has 0 N–H and O–H groups in total. The number of rotatable bonds is 1. The Balaban J connectivity index is 1.96. The molecule has 2 aromatic rings. The molecule has 1 aromatic heterocycles. The number of nitrogens with zero attached hydrogens (tertiary/aromatic N) is 2. The van der Waals surface area contributed by atoms with Crippen molar-refractivity contribution in [1.82, 2.24) is 9.47 Å². The highest BCUT2D eigenvalue weighted by Crippen LogP contribution is 2.28. The first kappa shape index (κ1) is 13.7. The van der Waals surface area contributed by atoms with Crippen molar-refractivity contribution in [3.05, 3.63) is 34.4 Å². The van der Waals surface area contributed by atoms with E-state index in [1.807, 2.05) is 34.7 Å². The van der Waals surface area contributed by atoms with Gasteiger partial charge < -0.3 is 9.47 Å². The molecule has 4 heteroatoms. The van der Waals surface area contributed by atoms with Crippen molar-refractivity contribution in [2.45, 2.75) is 19.8 Å². The molecule has 106 valence electrons. The molecule has 3 nitrogen and oxygen atoms in total. The number of hydrogen-bond acceptors (Lipinski definition) is 1. The minimum Gasteiger partial charge on any atom is -0.339 e. The van der Waals surface area contributed by atoms with Crippen molar-refractivity contribution < 1.29 is 4.79 Å². The Morgan fingerprint density at radius 3 is 2.65 bits per heavy atom. The second-order valence-electron chi connectivity index (χ2n) is 5.74. The molecule has 0 unspecified atom stereocenters. The van der Waals surface area contributed by atoms with Crippen LogP contribution in [0.3, 0.4) is 0 Å². The summed E-state index contributed by atoms with van der Waals surface area (Å²) in [6, 6.07) is 8.07. The van der Waals surface area contributed by atoms with E-state index in [0.29, 0.717) is 0 Å². The van der Waals surface area contributed by atoms with Gasteiger partial charge in [-0.3, -0.25) is 4.79 Å². The summed E-state index contributed by atoms with van der Waals surface area (Å²) >= 11 is 3.57. The Kier molecular flexibility index (Phi) is 3.59. The normalized spacial score (nSPS) is 16.9. The number of benzene rings is 1. The van der Waals surface area contributed by atoms with Gasteiger partial charge in [0, 0.05) is 30.0 Å². The molecule has 0 aliphatic carbocycles. The molecule has 1 amide bonds. The Bertz CT molecular complexity index is 654. The number of amides is 1. The maximum Gasteiger partial charge on any atom is 0.270 e. The molecule has 1 saturated heterocycles. The second-order valence-corrected chi connectivity index (χ2v) is 6.60. The topological polar surface area (TPSA) is 25.2 Å². The zero-order valence-electron chi connectivity index (χ0n) is 11.9. The van der Waals surface area contributed by atoms with Crippen LogP contribution in [0.15, 0.2) is 28.7 Å². The molecule has 0 spiro atoms. The number of aryl methyl sites for hydroxylation is 1. The van der Waals surface area contributed by atoms with E-state index in [4.69, 9.17) is 0 Å². The van der Waals surface area contributed by atoms with Crippen LogP contribution in [0.25, 0.3) is 10.9 Å². The van der Waals surface area contributed by atoms with E-state index < -0.39 is 0 Å². The summed E-state index contributed by atoms with van der Waals surface area (Å²) in [6.45, 7) is 4.02. The lowest BCUT2D eigenvalue weighted by Gasteiger charge is -2.30. The first-order chi connectivity index (χ1) is 9.58. The summed E-state index contributed by atoms with van der Waals surface area (Å²) in [4.78, 5) is 14.7. The van der Waals surface area contributed by atoms with Crippen molar-refractivity contribution in [1.29, 1.82) is 0 Å². The van der Waals surface area contributed by atoms with Gasteiger partial charge in [0.25, 0.3) is 5.91 Å². The highest BCUT2D eigenvalue weighted by atomic mass is 79.9. The zero-order chi connectivity index (χ0) is 14.3. The van der Waals surface area contributed by atoms with E-state index in [0.717, 1.165) is 52.9 Å². The third-order valence-corrected chi connectivity index (χ3v) is 4.94. The lowest BCUT2D eigenvalue weighted by Crippen LogP contribution is -2.38. The van der Waals surface area contributed by atoms with Gasteiger partial charge in [-0.1, -0.05) is 19.1 Å². The summed E-state index contributed by atoms with van der Waals surface area (Å²) in [7, 11) is 1.97. The summed E-state index contributed by atoms with van der Waals surface area (Å²) in [5.41, 5.74) is 1.86. The molecule has 0 saturated carbocycles. The number of para-hydroxylation sites is 1. The molecule has 0 atom stereocenters. The second kappa shape index (κ2) is 5.24. The van der Waals surface area contributed by atoms with E-state index >= 15 is 0 Å². The van der Waals surface area contributed by atoms with Crippen LogP contribution < -0.4 is 0 Å². The van der Waals surface area contributed by atoms with E-state index in [9.17, 15) is 4.79 Å². The van der Waals surface area contributed by atoms with Crippen molar-refractivity contribution in [2.24, 2.45) is 13.0 Å². The first-order valence-corrected chi connectivity index (χ1v) is 7.90. The monoisotopic (exact) mass is 334 g/mol. The summed E-state index contributed by atoms with van der Waals surface area (Å²) in [5.74, 6) is 0.892. The average Bonchev–Trinajstić information content (AvgIpc) is 2.77. The van der Waals surface area contributed by atoms with Gasteiger partial charge in [0.05, 0.1) is 5.52 Å². The van der Waals surface area contributed by atoms with E-state index in [1.54, 1.807) is 0 Å². The van der Waals surface area contributed by atoms with Crippen LogP contribution in [0.4, 0.5) is 0 Å². The van der Waals surface area contributed by atoms with Crippen molar-refractivity contribution in [2.75, 3.05) is 13.1 Å². The van der Waals surface area contributed by atoms with Crippen molar-refractivity contribution in [3.63, 3.8) is 0 Å². The SMILES string of the molecule is CC1CCN(C(=O)c2cc3cccc(Br)c3n2C)CC1. The van der Waals surface area contributed by atoms with Crippen LogP contribution in [0.1, 0.15) is 30.3 Å². The summed E-state index contributed by atoms with van der Waals surface area (Å²) in [5, 5.41) is 1.11. The number of carbonyl (C=O) groups excluding carboxylic acids is 1. The Morgan fingerprint density at radius 2 is 2.00 bits per heavy atom. The van der Waals surface area contributed by atoms with E-state index in [2.05, 4.69) is 28.9 Å². The maximum absolute atomic E-state index is 12.7. The number of hydrogen-bond donors (Lipinski definition) is 0. The minimum absolute atomic E-state index is 0.155. The molecular weight excluding hydrogens is 316 g/mol. The van der Waals surface area contributed by atoms with Gasteiger partial charge in [0.15, 0.2) is 0 Å². The lowest BCUT2D eigenvalue weighted by atomic mass is 9.99. The molecule has 0 bridgehead atoms. The molecule has 2 heterocycles. The van der Waals surface area contributed by atoms with E-state index in [1.165, 1.54) is 0 Å². The van der Waals surface area contributed by atoms with Crippen LogP contribution in [0, 0.1) is 5.92 Å². The number of carbonyl (C=O) groups is 1. The smallest absolute Gasteiger partial charge is 0.270 e. The Hall–Kier alpha value is -1.29. The van der Waals surface area contributed by atoms with Gasteiger partial charge in [-0.25, -0.2) is 0 Å². The molecule has 20 heavy (non-hydrogen) atoms. The fraction of sp³-hybridized carbons (Fsp3) is 0.438. The fourth-order valence-electron chi connectivity index (χ4n) is 2.95. The first-order valence-electron chi connectivity index (χ1n) is 7.11. The van der Waals surface area contributed by atoms with Gasteiger partial charge in [0.1, 0.15) is 5.69 Å². The standard InChI is InChI=1S/C16H19BrN2O/c1-11-6-8-19(9-7-11)16(20)14-10-12-4-3-5-13(17)15(12)18(14)2/h3-5,10-11H,6-9H2,1-2H3.